The molecule has 1 atom stereocenters. The van der Waals surface area contributed by atoms with Gasteiger partial charge in [-0.05, 0) is 24.3 Å². The minimum atomic E-state index is -4.07. The molecule has 0 saturated heterocycles. The molecule has 0 bridgehead atoms. The smallest absolute Gasteiger partial charge is 0.289 e. The van der Waals surface area contributed by atoms with Gasteiger partial charge in [0, 0.05) is 18.7 Å². The summed E-state index contributed by atoms with van der Waals surface area (Å²) < 4.78 is 36.6. The standard InChI is InChI=1S/C13H14F3N/c14-13(15,16)8-10-6-7-12(17-9-10)11-4-2-1-3-5-11/h1-5,10H,6-9H2. The van der Waals surface area contributed by atoms with Crippen molar-refractivity contribution >= 4 is 5.71 Å². The van der Waals surface area contributed by atoms with Gasteiger partial charge < -0.3 is 0 Å². The predicted octanol–water partition coefficient (Wildman–Crippen LogP) is 3.84. The number of halogens is 3. The van der Waals surface area contributed by atoms with Gasteiger partial charge in [-0.1, -0.05) is 30.3 Å². The summed E-state index contributed by atoms with van der Waals surface area (Å²) in [5, 5.41) is 0. The molecule has 1 nitrogen and oxygen atoms in total. The quantitative estimate of drug-likeness (QED) is 0.746. The van der Waals surface area contributed by atoms with Gasteiger partial charge in [0.05, 0.1) is 0 Å². The Labute approximate surface area is 98.4 Å². The Hall–Kier alpha value is -1.32. The van der Waals surface area contributed by atoms with E-state index in [0.29, 0.717) is 19.4 Å². The van der Waals surface area contributed by atoms with Crippen LogP contribution in [0, 0.1) is 5.92 Å². The van der Waals surface area contributed by atoms with Crippen molar-refractivity contribution in [2.24, 2.45) is 10.9 Å². The Morgan fingerprint density at radius 3 is 2.41 bits per heavy atom. The minimum Gasteiger partial charge on any atom is -0.289 e. The zero-order chi connectivity index (χ0) is 12.3. The lowest BCUT2D eigenvalue weighted by atomic mass is 9.92. The van der Waals surface area contributed by atoms with Crippen LogP contribution >= 0.6 is 0 Å². The third-order valence-corrected chi connectivity index (χ3v) is 2.96. The van der Waals surface area contributed by atoms with Gasteiger partial charge in [-0.2, -0.15) is 13.2 Å². The highest BCUT2D eigenvalue weighted by Gasteiger charge is 2.32. The maximum atomic E-state index is 12.2. The molecule has 0 radical (unpaired) electrons. The Balaban J connectivity index is 1.99. The normalized spacial score (nSPS) is 21.1. The maximum absolute atomic E-state index is 12.2. The van der Waals surface area contributed by atoms with E-state index >= 15 is 0 Å². The van der Waals surface area contributed by atoms with Gasteiger partial charge in [0.2, 0.25) is 0 Å². The molecule has 1 unspecified atom stereocenters. The summed E-state index contributed by atoms with van der Waals surface area (Å²) >= 11 is 0. The van der Waals surface area contributed by atoms with Crippen LogP contribution in [0.25, 0.3) is 0 Å². The minimum absolute atomic E-state index is 0.295. The molecule has 0 aromatic heterocycles. The third-order valence-electron chi connectivity index (χ3n) is 2.96. The summed E-state index contributed by atoms with van der Waals surface area (Å²) in [4.78, 5) is 4.28. The maximum Gasteiger partial charge on any atom is 0.389 e. The van der Waals surface area contributed by atoms with Crippen LogP contribution in [0.3, 0.4) is 0 Å². The molecule has 0 amide bonds. The molecule has 1 heterocycles. The van der Waals surface area contributed by atoms with E-state index in [9.17, 15) is 13.2 Å². The molecule has 2 rings (SSSR count). The topological polar surface area (TPSA) is 12.4 Å². The van der Waals surface area contributed by atoms with Gasteiger partial charge in [-0.3, -0.25) is 4.99 Å². The molecular formula is C13H14F3N. The molecule has 0 saturated carbocycles. The van der Waals surface area contributed by atoms with Crippen LogP contribution in [0.4, 0.5) is 13.2 Å². The van der Waals surface area contributed by atoms with E-state index in [1.165, 1.54) is 0 Å². The number of benzene rings is 1. The second-order valence-electron chi connectivity index (χ2n) is 4.38. The monoisotopic (exact) mass is 241 g/mol. The van der Waals surface area contributed by atoms with Crippen LogP contribution < -0.4 is 0 Å². The lowest BCUT2D eigenvalue weighted by molar-refractivity contribution is -0.144. The highest BCUT2D eigenvalue weighted by atomic mass is 19.4. The van der Waals surface area contributed by atoms with E-state index in [-0.39, 0.29) is 5.92 Å². The summed E-state index contributed by atoms with van der Waals surface area (Å²) in [7, 11) is 0. The van der Waals surface area contributed by atoms with Crippen molar-refractivity contribution in [1.29, 1.82) is 0 Å². The summed E-state index contributed by atoms with van der Waals surface area (Å²) in [6.45, 7) is 0.295. The molecule has 17 heavy (non-hydrogen) atoms. The van der Waals surface area contributed by atoms with Gasteiger partial charge in [0.15, 0.2) is 0 Å². The van der Waals surface area contributed by atoms with Crippen molar-refractivity contribution in [3.63, 3.8) is 0 Å². The Kier molecular flexibility index (Phi) is 3.50. The third kappa shape index (κ3) is 3.58. The highest BCUT2D eigenvalue weighted by Crippen LogP contribution is 2.30. The van der Waals surface area contributed by atoms with Gasteiger partial charge in [-0.25, -0.2) is 0 Å². The number of hydrogen-bond donors (Lipinski definition) is 0. The molecule has 0 spiro atoms. The summed E-state index contributed by atoms with van der Waals surface area (Å²) in [5.74, 6) is -0.345. The van der Waals surface area contributed by atoms with Crippen molar-refractivity contribution in [3.8, 4) is 0 Å². The number of hydrogen-bond acceptors (Lipinski definition) is 1. The number of rotatable bonds is 2. The first-order valence-corrected chi connectivity index (χ1v) is 5.70. The molecule has 0 N–H and O–H groups in total. The van der Waals surface area contributed by atoms with Crippen molar-refractivity contribution in [2.45, 2.75) is 25.4 Å². The average molecular weight is 241 g/mol. The van der Waals surface area contributed by atoms with E-state index in [0.717, 1.165) is 11.3 Å². The molecule has 1 aliphatic rings. The van der Waals surface area contributed by atoms with E-state index in [4.69, 9.17) is 0 Å². The van der Waals surface area contributed by atoms with Crippen molar-refractivity contribution in [1.82, 2.24) is 0 Å². The Morgan fingerprint density at radius 1 is 1.18 bits per heavy atom. The second-order valence-corrected chi connectivity index (χ2v) is 4.38. The second kappa shape index (κ2) is 4.90. The first kappa shape index (κ1) is 12.1. The largest absolute Gasteiger partial charge is 0.389 e. The van der Waals surface area contributed by atoms with E-state index in [1.807, 2.05) is 30.3 Å². The first-order valence-electron chi connectivity index (χ1n) is 5.70. The number of nitrogens with zero attached hydrogens (tertiary/aromatic N) is 1. The predicted molar refractivity (Wildman–Crippen MR) is 61.2 cm³/mol. The number of aliphatic imine (C=N–C) groups is 1. The van der Waals surface area contributed by atoms with Crippen LogP contribution in [0.1, 0.15) is 24.8 Å². The van der Waals surface area contributed by atoms with E-state index < -0.39 is 12.6 Å². The SMILES string of the molecule is FC(F)(F)CC1CCC(c2ccccc2)=NC1. The van der Waals surface area contributed by atoms with Gasteiger partial charge in [0.25, 0.3) is 0 Å². The fourth-order valence-electron chi connectivity index (χ4n) is 2.11. The van der Waals surface area contributed by atoms with Crippen LogP contribution in [0.2, 0.25) is 0 Å². The fourth-order valence-corrected chi connectivity index (χ4v) is 2.11. The molecule has 0 fully saturated rings. The van der Waals surface area contributed by atoms with Crippen molar-refractivity contribution in [2.75, 3.05) is 6.54 Å². The Bertz CT molecular complexity index is 395. The fraction of sp³-hybridized carbons (Fsp3) is 0.462. The van der Waals surface area contributed by atoms with E-state index in [1.54, 1.807) is 0 Å². The molecular weight excluding hydrogens is 227 g/mol. The van der Waals surface area contributed by atoms with Crippen molar-refractivity contribution in [3.05, 3.63) is 35.9 Å². The van der Waals surface area contributed by atoms with Crippen LogP contribution in [0.15, 0.2) is 35.3 Å². The zero-order valence-electron chi connectivity index (χ0n) is 9.37. The molecule has 4 heteroatoms. The van der Waals surface area contributed by atoms with Gasteiger partial charge in [-0.15, -0.1) is 0 Å². The number of alkyl halides is 3. The molecule has 92 valence electrons. The lowest BCUT2D eigenvalue weighted by Crippen LogP contribution is -2.22. The summed E-state index contributed by atoms with van der Waals surface area (Å²) in [5.41, 5.74) is 1.96. The van der Waals surface area contributed by atoms with Gasteiger partial charge >= 0.3 is 6.18 Å². The molecule has 1 aliphatic heterocycles. The summed E-state index contributed by atoms with van der Waals surface area (Å²) in [6, 6.07) is 9.64. The molecule has 1 aromatic carbocycles. The van der Waals surface area contributed by atoms with Gasteiger partial charge in [0.1, 0.15) is 0 Å². The van der Waals surface area contributed by atoms with E-state index in [2.05, 4.69) is 4.99 Å². The molecule has 1 aromatic rings. The summed E-state index contributed by atoms with van der Waals surface area (Å²) in [6.07, 6.45) is -3.55. The highest BCUT2D eigenvalue weighted by molar-refractivity contribution is 6.00. The molecule has 0 aliphatic carbocycles. The van der Waals surface area contributed by atoms with Crippen molar-refractivity contribution < 1.29 is 13.2 Å². The van der Waals surface area contributed by atoms with Crippen LogP contribution in [0.5, 0.6) is 0 Å². The van der Waals surface area contributed by atoms with Crippen LogP contribution in [-0.4, -0.2) is 18.4 Å². The lowest BCUT2D eigenvalue weighted by Gasteiger charge is -2.22. The Morgan fingerprint density at radius 2 is 1.88 bits per heavy atom. The average Bonchev–Trinajstić information content (AvgIpc) is 2.29. The zero-order valence-corrected chi connectivity index (χ0v) is 9.37. The first-order chi connectivity index (χ1) is 8.04. The van der Waals surface area contributed by atoms with Crippen LogP contribution in [-0.2, 0) is 0 Å².